The second-order valence-corrected chi connectivity index (χ2v) is 3.94. The molecule has 0 atom stereocenters. The molecule has 1 N–H and O–H groups in total. The van der Waals surface area contributed by atoms with Crippen LogP contribution in [0, 0.1) is 5.82 Å². The van der Waals surface area contributed by atoms with Crippen molar-refractivity contribution in [3.63, 3.8) is 0 Å². The average Bonchev–Trinajstić information content (AvgIpc) is 2.31. The first-order valence-corrected chi connectivity index (χ1v) is 5.39. The smallest absolute Gasteiger partial charge is 0.134 e. The summed E-state index contributed by atoms with van der Waals surface area (Å²) in [5.74, 6) is 0.105. The van der Waals surface area contributed by atoms with Crippen molar-refractivity contribution in [3.05, 3.63) is 58.9 Å². The fourth-order valence-electron chi connectivity index (χ4n) is 1.37. The summed E-state index contributed by atoms with van der Waals surface area (Å²) >= 11 is 5.68. The van der Waals surface area contributed by atoms with Crippen LogP contribution in [0.3, 0.4) is 0 Å². The standard InChI is InChI=1S/C13H10ClFO2/c14-12-5-4-9(6-13(12)16)8-17-11-3-1-2-10(15)7-11/h1-7,16H,8H2. The molecule has 0 bridgehead atoms. The second kappa shape index (κ2) is 5.06. The van der Waals surface area contributed by atoms with Gasteiger partial charge in [0.2, 0.25) is 0 Å². The summed E-state index contributed by atoms with van der Waals surface area (Å²) in [5.41, 5.74) is 0.760. The van der Waals surface area contributed by atoms with Gasteiger partial charge >= 0.3 is 0 Å². The minimum atomic E-state index is -0.346. The molecule has 0 heterocycles. The zero-order valence-electron chi connectivity index (χ0n) is 8.86. The van der Waals surface area contributed by atoms with Crippen LogP contribution in [0.15, 0.2) is 42.5 Å². The lowest BCUT2D eigenvalue weighted by molar-refractivity contribution is 0.304. The molecule has 0 unspecified atom stereocenters. The first-order chi connectivity index (χ1) is 8.15. The van der Waals surface area contributed by atoms with E-state index in [1.165, 1.54) is 18.2 Å². The van der Waals surface area contributed by atoms with E-state index in [0.717, 1.165) is 5.56 Å². The number of benzene rings is 2. The number of ether oxygens (including phenoxy) is 1. The van der Waals surface area contributed by atoms with Crippen LogP contribution in [-0.2, 0) is 6.61 Å². The highest BCUT2D eigenvalue weighted by Gasteiger charge is 2.01. The monoisotopic (exact) mass is 252 g/mol. The van der Waals surface area contributed by atoms with Gasteiger partial charge in [-0.3, -0.25) is 0 Å². The second-order valence-electron chi connectivity index (χ2n) is 3.53. The van der Waals surface area contributed by atoms with E-state index in [4.69, 9.17) is 16.3 Å². The summed E-state index contributed by atoms with van der Waals surface area (Å²) in [7, 11) is 0. The molecule has 2 aromatic carbocycles. The molecule has 0 amide bonds. The third-order valence-electron chi connectivity index (χ3n) is 2.21. The summed E-state index contributed by atoms with van der Waals surface area (Å²) in [6.45, 7) is 0.244. The Balaban J connectivity index is 2.05. The molecule has 2 nitrogen and oxygen atoms in total. The van der Waals surface area contributed by atoms with Gasteiger partial charge < -0.3 is 9.84 Å². The van der Waals surface area contributed by atoms with Crippen LogP contribution in [0.2, 0.25) is 5.02 Å². The van der Waals surface area contributed by atoms with Crippen molar-refractivity contribution in [1.29, 1.82) is 0 Å². The van der Waals surface area contributed by atoms with Gasteiger partial charge in [-0.1, -0.05) is 23.7 Å². The zero-order valence-corrected chi connectivity index (χ0v) is 9.62. The fourth-order valence-corrected chi connectivity index (χ4v) is 1.49. The van der Waals surface area contributed by atoms with Crippen LogP contribution in [0.25, 0.3) is 0 Å². The van der Waals surface area contributed by atoms with Gasteiger partial charge in [0.15, 0.2) is 0 Å². The third-order valence-corrected chi connectivity index (χ3v) is 2.53. The average molecular weight is 253 g/mol. The lowest BCUT2D eigenvalue weighted by Gasteiger charge is -2.07. The molecule has 0 aliphatic carbocycles. The number of rotatable bonds is 3. The van der Waals surface area contributed by atoms with E-state index in [9.17, 15) is 9.50 Å². The van der Waals surface area contributed by atoms with Crippen molar-refractivity contribution in [2.45, 2.75) is 6.61 Å². The minimum Gasteiger partial charge on any atom is -0.506 e. The molecular weight excluding hydrogens is 243 g/mol. The SMILES string of the molecule is Oc1cc(COc2cccc(F)c2)ccc1Cl. The Morgan fingerprint density at radius 2 is 2.00 bits per heavy atom. The van der Waals surface area contributed by atoms with E-state index in [0.29, 0.717) is 10.8 Å². The highest BCUT2D eigenvalue weighted by Crippen LogP contribution is 2.24. The number of halogens is 2. The summed E-state index contributed by atoms with van der Waals surface area (Å²) in [6, 6.07) is 10.7. The summed E-state index contributed by atoms with van der Waals surface area (Å²) in [5, 5.41) is 9.69. The lowest BCUT2D eigenvalue weighted by atomic mass is 10.2. The normalized spacial score (nSPS) is 10.2. The van der Waals surface area contributed by atoms with Crippen LogP contribution < -0.4 is 4.74 Å². The molecule has 0 fully saturated rings. The molecule has 0 spiro atoms. The summed E-state index contributed by atoms with van der Waals surface area (Å²) < 4.78 is 18.2. The number of phenols is 1. The molecule has 0 radical (unpaired) electrons. The first kappa shape index (κ1) is 11.7. The molecule has 2 aromatic rings. The van der Waals surface area contributed by atoms with Gasteiger partial charge in [0.1, 0.15) is 23.9 Å². The van der Waals surface area contributed by atoms with Crippen LogP contribution in [-0.4, -0.2) is 5.11 Å². The third kappa shape index (κ3) is 3.11. The Kier molecular flexibility index (Phi) is 3.49. The Morgan fingerprint density at radius 1 is 1.18 bits per heavy atom. The number of hydrogen-bond acceptors (Lipinski definition) is 2. The highest BCUT2D eigenvalue weighted by atomic mass is 35.5. The van der Waals surface area contributed by atoms with Gasteiger partial charge in [-0.05, 0) is 29.8 Å². The van der Waals surface area contributed by atoms with Gasteiger partial charge in [0, 0.05) is 6.07 Å². The lowest BCUT2D eigenvalue weighted by Crippen LogP contribution is -1.95. The van der Waals surface area contributed by atoms with Crippen molar-refractivity contribution >= 4 is 11.6 Å². The highest BCUT2D eigenvalue weighted by molar-refractivity contribution is 6.31. The largest absolute Gasteiger partial charge is 0.506 e. The molecule has 0 aliphatic heterocycles. The maximum absolute atomic E-state index is 12.9. The number of hydrogen-bond donors (Lipinski definition) is 1. The van der Waals surface area contributed by atoms with E-state index < -0.39 is 0 Å². The van der Waals surface area contributed by atoms with Crippen LogP contribution in [0.1, 0.15) is 5.56 Å². The van der Waals surface area contributed by atoms with Gasteiger partial charge in [-0.25, -0.2) is 4.39 Å². The van der Waals surface area contributed by atoms with Crippen LogP contribution in [0.5, 0.6) is 11.5 Å². The Bertz CT molecular complexity index is 529. The Hall–Kier alpha value is -1.74. The molecule has 0 saturated heterocycles. The molecular formula is C13H10ClFO2. The Labute approximate surface area is 103 Å². The van der Waals surface area contributed by atoms with Gasteiger partial charge in [0.05, 0.1) is 5.02 Å². The quantitative estimate of drug-likeness (QED) is 0.901. The maximum Gasteiger partial charge on any atom is 0.134 e. The van der Waals surface area contributed by atoms with Crippen molar-refractivity contribution in [3.8, 4) is 11.5 Å². The minimum absolute atomic E-state index is 0.00649. The van der Waals surface area contributed by atoms with Gasteiger partial charge in [-0.15, -0.1) is 0 Å². The number of aromatic hydroxyl groups is 1. The molecule has 4 heteroatoms. The molecule has 2 rings (SSSR count). The van der Waals surface area contributed by atoms with Crippen molar-refractivity contribution < 1.29 is 14.2 Å². The van der Waals surface area contributed by atoms with Crippen molar-refractivity contribution in [2.75, 3.05) is 0 Å². The van der Waals surface area contributed by atoms with E-state index >= 15 is 0 Å². The van der Waals surface area contributed by atoms with E-state index in [2.05, 4.69) is 0 Å². The predicted octanol–water partition coefficient (Wildman–Crippen LogP) is 3.76. The van der Waals surface area contributed by atoms with Crippen LogP contribution >= 0.6 is 11.6 Å². The van der Waals surface area contributed by atoms with Crippen LogP contribution in [0.4, 0.5) is 4.39 Å². The van der Waals surface area contributed by atoms with Crippen molar-refractivity contribution in [2.24, 2.45) is 0 Å². The first-order valence-electron chi connectivity index (χ1n) is 5.01. The maximum atomic E-state index is 12.9. The van der Waals surface area contributed by atoms with E-state index in [1.807, 2.05) is 0 Å². The van der Waals surface area contributed by atoms with Gasteiger partial charge in [0.25, 0.3) is 0 Å². The molecule has 17 heavy (non-hydrogen) atoms. The number of phenolic OH excluding ortho intramolecular Hbond substituents is 1. The van der Waals surface area contributed by atoms with E-state index in [-0.39, 0.29) is 18.2 Å². The van der Waals surface area contributed by atoms with Crippen molar-refractivity contribution in [1.82, 2.24) is 0 Å². The molecule has 0 aliphatic rings. The summed E-state index contributed by atoms with van der Waals surface area (Å²) in [4.78, 5) is 0. The van der Waals surface area contributed by atoms with Gasteiger partial charge in [-0.2, -0.15) is 0 Å². The molecule has 88 valence electrons. The Morgan fingerprint density at radius 3 is 2.71 bits per heavy atom. The molecule has 0 saturated carbocycles. The predicted molar refractivity (Wildman–Crippen MR) is 63.8 cm³/mol. The molecule has 0 aromatic heterocycles. The zero-order chi connectivity index (χ0) is 12.3. The summed E-state index contributed by atoms with van der Waals surface area (Å²) in [6.07, 6.45) is 0. The van der Waals surface area contributed by atoms with E-state index in [1.54, 1.807) is 24.3 Å². The fraction of sp³-hybridized carbons (Fsp3) is 0.0769. The topological polar surface area (TPSA) is 29.5 Å².